The second-order valence-corrected chi connectivity index (χ2v) is 8.83. The number of carbonyl (C=O) groups is 2. The van der Waals surface area contributed by atoms with E-state index in [4.69, 9.17) is 13.8 Å². The molecule has 0 unspecified atom stereocenters. The van der Waals surface area contributed by atoms with Crippen molar-refractivity contribution in [1.82, 2.24) is 5.32 Å². The molecular formula is C13H26NO6PS. The molecule has 0 fully saturated rings. The van der Waals surface area contributed by atoms with Gasteiger partial charge in [0.05, 0.1) is 6.04 Å². The lowest BCUT2D eigenvalue weighted by Crippen LogP contribution is -2.44. The Morgan fingerprint density at radius 1 is 1.23 bits per heavy atom. The standard InChI is InChI=1S/C13H26NO6PS/c1-13(2,3)20-12(16)14-10(7-8-22-6)11(15)9-21(17,18-4)19-5/h10H,7-9H2,1-6H3,(H,14,16)/t10-/m0/s1. The zero-order valence-corrected chi connectivity index (χ0v) is 15.7. The van der Waals surface area contributed by atoms with Crippen LogP contribution >= 0.6 is 19.4 Å². The Hall–Kier alpha value is -0.560. The van der Waals surface area contributed by atoms with Crippen molar-refractivity contribution in [2.75, 3.05) is 32.4 Å². The maximum Gasteiger partial charge on any atom is 0.408 e. The van der Waals surface area contributed by atoms with Gasteiger partial charge in [0.1, 0.15) is 11.8 Å². The van der Waals surface area contributed by atoms with Gasteiger partial charge in [0, 0.05) is 14.2 Å². The summed E-state index contributed by atoms with van der Waals surface area (Å²) in [5.74, 6) is 0.253. The SMILES string of the molecule is COP(=O)(CC(=O)[C@H](CCSC)NC(=O)OC(C)(C)C)OC. The number of ether oxygens (including phenoxy) is 1. The minimum absolute atomic E-state index is 0.394. The Morgan fingerprint density at radius 2 is 1.77 bits per heavy atom. The molecule has 1 amide bonds. The average Bonchev–Trinajstić information content (AvgIpc) is 2.41. The number of hydrogen-bond donors (Lipinski definition) is 1. The number of Topliss-reactive ketones (excluding diaryl/α,β-unsaturated/α-hetero) is 1. The summed E-state index contributed by atoms with van der Waals surface area (Å²) in [6, 6.07) is -0.791. The van der Waals surface area contributed by atoms with E-state index in [-0.39, 0.29) is 0 Å². The van der Waals surface area contributed by atoms with Crippen molar-refractivity contribution >= 4 is 31.2 Å². The van der Waals surface area contributed by atoms with Crippen LogP contribution in [-0.4, -0.2) is 55.9 Å². The summed E-state index contributed by atoms with van der Waals surface area (Å²) in [7, 11) is -1.02. The molecule has 0 saturated carbocycles. The van der Waals surface area contributed by atoms with E-state index in [1.165, 1.54) is 14.2 Å². The van der Waals surface area contributed by atoms with Gasteiger partial charge in [0.15, 0.2) is 5.78 Å². The molecule has 0 heterocycles. The first-order valence-electron chi connectivity index (χ1n) is 6.78. The summed E-state index contributed by atoms with van der Waals surface area (Å²) in [5.41, 5.74) is -0.661. The van der Waals surface area contributed by atoms with E-state index in [2.05, 4.69) is 5.32 Å². The van der Waals surface area contributed by atoms with Gasteiger partial charge >= 0.3 is 13.7 Å². The summed E-state index contributed by atoms with van der Waals surface area (Å²) in [6.45, 7) is 5.19. The lowest BCUT2D eigenvalue weighted by Gasteiger charge is -2.23. The summed E-state index contributed by atoms with van der Waals surface area (Å²) in [4.78, 5) is 24.1. The smallest absolute Gasteiger partial charge is 0.408 e. The van der Waals surface area contributed by atoms with Gasteiger partial charge in [-0.1, -0.05) is 0 Å². The van der Waals surface area contributed by atoms with Crippen LogP contribution in [0.5, 0.6) is 0 Å². The molecule has 130 valence electrons. The van der Waals surface area contributed by atoms with Crippen molar-refractivity contribution in [1.29, 1.82) is 0 Å². The molecule has 9 heteroatoms. The molecular weight excluding hydrogens is 329 g/mol. The van der Waals surface area contributed by atoms with Crippen LogP contribution in [0.4, 0.5) is 4.79 Å². The van der Waals surface area contributed by atoms with Crippen molar-refractivity contribution in [2.24, 2.45) is 0 Å². The number of alkyl carbamates (subject to hydrolysis) is 1. The lowest BCUT2D eigenvalue weighted by atomic mass is 10.1. The van der Waals surface area contributed by atoms with Crippen molar-refractivity contribution in [2.45, 2.75) is 38.8 Å². The molecule has 0 saturated heterocycles. The fraction of sp³-hybridized carbons (Fsp3) is 0.846. The molecule has 0 aromatic heterocycles. The highest BCUT2D eigenvalue weighted by molar-refractivity contribution is 7.98. The van der Waals surface area contributed by atoms with Crippen LogP contribution in [0.3, 0.4) is 0 Å². The number of carbonyl (C=O) groups excluding carboxylic acids is 2. The summed E-state index contributed by atoms with van der Waals surface area (Å²) in [5, 5.41) is 2.52. The fourth-order valence-corrected chi connectivity index (χ4v) is 2.98. The predicted molar refractivity (Wildman–Crippen MR) is 87.7 cm³/mol. The van der Waals surface area contributed by atoms with E-state index < -0.39 is 37.3 Å². The van der Waals surface area contributed by atoms with Crippen LogP contribution in [0.15, 0.2) is 0 Å². The third-order valence-electron chi connectivity index (χ3n) is 2.60. The number of hydrogen-bond acceptors (Lipinski definition) is 7. The second kappa shape index (κ2) is 9.55. The van der Waals surface area contributed by atoms with E-state index in [9.17, 15) is 14.2 Å². The van der Waals surface area contributed by atoms with Crippen LogP contribution in [-0.2, 0) is 23.1 Å². The first-order chi connectivity index (χ1) is 10.1. The zero-order valence-electron chi connectivity index (χ0n) is 14.0. The minimum Gasteiger partial charge on any atom is -0.444 e. The second-order valence-electron chi connectivity index (χ2n) is 5.58. The van der Waals surface area contributed by atoms with Gasteiger partial charge in [0.25, 0.3) is 0 Å². The van der Waals surface area contributed by atoms with Crippen molar-refractivity contribution in [3.63, 3.8) is 0 Å². The van der Waals surface area contributed by atoms with Crippen LogP contribution in [0.1, 0.15) is 27.2 Å². The molecule has 7 nitrogen and oxygen atoms in total. The molecule has 0 aliphatic rings. The molecule has 0 rings (SSSR count). The quantitative estimate of drug-likeness (QED) is 0.636. The summed E-state index contributed by atoms with van der Waals surface area (Å²) < 4.78 is 26.7. The topological polar surface area (TPSA) is 90.9 Å². The van der Waals surface area contributed by atoms with E-state index in [1.54, 1.807) is 32.5 Å². The zero-order chi connectivity index (χ0) is 17.4. The van der Waals surface area contributed by atoms with Crippen molar-refractivity contribution < 1.29 is 27.9 Å². The van der Waals surface area contributed by atoms with E-state index in [0.29, 0.717) is 12.2 Å². The van der Waals surface area contributed by atoms with Crippen LogP contribution in [0, 0.1) is 0 Å². The molecule has 22 heavy (non-hydrogen) atoms. The molecule has 0 aromatic rings. The highest BCUT2D eigenvalue weighted by Gasteiger charge is 2.31. The maximum absolute atomic E-state index is 12.3. The van der Waals surface area contributed by atoms with Gasteiger partial charge in [-0.05, 0) is 39.2 Å². The van der Waals surface area contributed by atoms with Crippen molar-refractivity contribution in [3.05, 3.63) is 0 Å². The van der Waals surface area contributed by atoms with Gasteiger partial charge in [-0.25, -0.2) is 4.79 Å². The molecule has 0 aliphatic heterocycles. The van der Waals surface area contributed by atoms with Gasteiger partial charge in [-0.3, -0.25) is 9.36 Å². The number of ketones is 1. The van der Waals surface area contributed by atoms with E-state index in [1.807, 2.05) is 6.26 Å². The Bertz CT molecular complexity index is 415. The molecule has 0 bridgehead atoms. The predicted octanol–water partition coefficient (Wildman–Crippen LogP) is 2.69. The van der Waals surface area contributed by atoms with E-state index >= 15 is 0 Å². The van der Waals surface area contributed by atoms with Gasteiger partial charge in [0.2, 0.25) is 0 Å². The third kappa shape index (κ3) is 8.78. The Kier molecular flexibility index (Phi) is 9.31. The average molecular weight is 355 g/mol. The minimum atomic E-state index is -3.46. The maximum atomic E-state index is 12.3. The number of rotatable bonds is 9. The highest BCUT2D eigenvalue weighted by atomic mass is 32.2. The summed E-state index contributed by atoms with van der Waals surface area (Å²) in [6.07, 6.45) is 1.22. The van der Waals surface area contributed by atoms with Gasteiger partial charge in [-0.15, -0.1) is 0 Å². The molecule has 0 spiro atoms. The monoisotopic (exact) mass is 355 g/mol. The lowest BCUT2D eigenvalue weighted by molar-refractivity contribution is -0.119. The molecule has 1 atom stereocenters. The number of nitrogens with one attached hydrogen (secondary N) is 1. The van der Waals surface area contributed by atoms with Crippen LogP contribution in [0.2, 0.25) is 0 Å². The third-order valence-corrected chi connectivity index (χ3v) is 5.05. The van der Waals surface area contributed by atoms with Crippen LogP contribution < -0.4 is 5.32 Å². The number of amides is 1. The first kappa shape index (κ1) is 21.4. The Labute approximate surface area is 136 Å². The van der Waals surface area contributed by atoms with Crippen molar-refractivity contribution in [3.8, 4) is 0 Å². The number of thioether (sulfide) groups is 1. The normalized spacial score (nSPS) is 13.5. The molecule has 0 radical (unpaired) electrons. The molecule has 1 N–H and O–H groups in total. The molecule has 0 aliphatic carbocycles. The molecule has 0 aromatic carbocycles. The van der Waals surface area contributed by atoms with Gasteiger partial charge in [-0.2, -0.15) is 11.8 Å². The Morgan fingerprint density at radius 3 is 2.18 bits per heavy atom. The van der Waals surface area contributed by atoms with Gasteiger partial charge < -0.3 is 19.1 Å². The highest BCUT2D eigenvalue weighted by Crippen LogP contribution is 2.46. The largest absolute Gasteiger partial charge is 0.444 e. The van der Waals surface area contributed by atoms with E-state index in [0.717, 1.165) is 0 Å². The first-order valence-corrected chi connectivity index (χ1v) is 9.90. The Balaban J connectivity index is 4.85. The van der Waals surface area contributed by atoms with Crippen LogP contribution in [0.25, 0.3) is 0 Å². The summed E-state index contributed by atoms with van der Waals surface area (Å²) >= 11 is 1.54. The fourth-order valence-electron chi connectivity index (χ4n) is 1.50.